The van der Waals surface area contributed by atoms with E-state index in [1.807, 2.05) is 18.2 Å². The van der Waals surface area contributed by atoms with Crippen molar-refractivity contribution < 1.29 is 4.79 Å². The van der Waals surface area contributed by atoms with Gasteiger partial charge in [-0.1, -0.05) is 37.3 Å². The minimum atomic E-state index is 0.379. The Bertz CT molecular complexity index is 334. The van der Waals surface area contributed by atoms with E-state index in [1.54, 1.807) is 0 Å². The van der Waals surface area contributed by atoms with Gasteiger partial charge in [0.15, 0.2) is 0 Å². The van der Waals surface area contributed by atoms with Gasteiger partial charge in [0.05, 0.1) is 6.54 Å². The van der Waals surface area contributed by atoms with E-state index in [2.05, 4.69) is 24.0 Å². The second-order valence-corrected chi connectivity index (χ2v) is 4.50. The fourth-order valence-electron chi connectivity index (χ4n) is 2.23. The average molecular weight is 203 g/mol. The van der Waals surface area contributed by atoms with Crippen LogP contribution >= 0.6 is 0 Å². The van der Waals surface area contributed by atoms with Gasteiger partial charge in [-0.15, -0.1) is 0 Å². The first-order chi connectivity index (χ1) is 7.24. The zero-order valence-corrected chi connectivity index (χ0v) is 9.15. The number of carbonyl (C=O) groups is 1. The smallest absolute Gasteiger partial charge is 0.147 e. The monoisotopic (exact) mass is 203 g/mol. The number of hydrogen-bond donors (Lipinski definition) is 0. The second kappa shape index (κ2) is 4.58. The minimum absolute atomic E-state index is 0.379. The van der Waals surface area contributed by atoms with Gasteiger partial charge in [-0.05, 0) is 11.5 Å². The molecule has 0 aliphatic carbocycles. The zero-order chi connectivity index (χ0) is 10.7. The zero-order valence-electron chi connectivity index (χ0n) is 9.15. The van der Waals surface area contributed by atoms with Crippen LogP contribution in [0.4, 0.5) is 0 Å². The first-order valence-electron chi connectivity index (χ1n) is 5.52. The lowest BCUT2D eigenvalue weighted by Gasteiger charge is -2.29. The van der Waals surface area contributed by atoms with Crippen molar-refractivity contribution in [3.8, 4) is 0 Å². The number of piperidine rings is 1. The molecule has 2 heteroatoms. The third kappa shape index (κ3) is 2.90. The molecule has 1 aliphatic rings. The second-order valence-electron chi connectivity index (χ2n) is 4.50. The Morgan fingerprint density at radius 2 is 2.07 bits per heavy atom. The lowest BCUT2D eigenvalue weighted by atomic mass is 9.99. The summed E-state index contributed by atoms with van der Waals surface area (Å²) in [5, 5.41) is 0. The number of rotatable bonds is 2. The number of nitrogens with zero attached hydrogens (tertiary/aromatic N) is 1. The van der Waals surface area contributed by atoms with Crippen molar-refractivity contribution in [1.82, 2.24) is 4.90 Å². The van der Waals surface area contributed by atoms with Gasteiger partial charge >= 0.3 is 0 Å². The highest BCUT2D eigenvalue weighted by Crippen LogP contribution is 2.15. The third-order valence-corrected chi connectivity index (χ3v) is 2.79. The SMILES string of the molecule is C[C@@H]1CC(=O)CN(Cc2ccccc2)C1. The Morgan fingerprint density at radius 1 is 1.33 bits per heavy atom. The van der Waals surface area contributed by atoms with Crippen LogP contribution in [0.1, 0.15) is 18.9 Å². The van der Waals surface area contributed by atoms with E-state index < -0.39 is 0 Å². The van der Waals surface area contributed by atoms with Gasteiger partial charge in [-0.25, -0.2) is 0 Å². The van der Waals surface area contributed by atoms with Crippen molar-refractivity contribution >= 4 is 5.78 Å². The van der Waals surface area contributed by atoms with Gasteiger partial charge in [-0.2, -0.15) is 0 Å². The van der Waals surface area contributed by atoms with Gasteiger partial charge in [0, 0.05) is 19.5 Å². The van der Waals surface area contributed by atoms with E-state index in [4.69, 9.17) is 0 Å². The fraction of sp³-hybridized carbons (Fsp3) is 0.462. The lowest BCUT2D eigenvalue weighted by Crippen LogP contribution is -2.39. The van der Waals surface area contributed by atoms with Crippen LogP contribution in [-0.2, 0) is 11.3 Å². The van der Waals surface area contributed by atoms with E-state index in [1.165, 1.54) is 5.56 Å². The number of Topliss-reactive ketones (excluding diaryl/α,β-unsaturated/α-hetero) is 1. The van der Waals surface area contributed by atoms with E-state index in [-0.39, 0.29) is 0 Å². The van der Waals surface area contributed by atoms with E-state index >= 15 is 0 Å². The molecule has 1 atom stereocenters. The molecule has 1 aliphatic heterocycles. The van der Waals surface area contributed by atoms with Crippen molar-refractivity contribution in [3.05, 3.63) is 35.9 Å². The number of hydrogen-bond acceptors (Lipinski definition) is 2. The summed E-state index contributed by atoms with van der Waals surface area (Å²) in [6.45, 7) is 4.71. The molecule has 0 amide bonds. The van der Waals surface area contributed by atoms with Gasteiger partial charge in [0.25, 0.3) is 0 Å². The largest absolute Gasteiger partial charge is 0.298 e. The van der Waals surface area contributed by atoms with E-state index in [0.717, 1.165) is 19.5 Å². The first kappa shape index (κ1) is 10.4. The van der Waals surface area contributed by atoms with Crippen molar-refractivity contribution in [2.45, 2.75) is 19.9 Å². The molecule has 0 aromatic heterocycles. The van der Waals surface area contributed by atoms with Crippen LogP contribution in [0.15, 0.2) is 30.3 Å². The van der Waals surface area contributed by atoms with Crippen LogP contribution in [0, 0.1) is 5.92 Å². The molecule has 0 N–H and O–H groups in total. The molecule has 1 aromatic rings. The first-order valence-corrected chi connectivity index (χ1v) is 5.52. The summed E-state index contributed by atoms with van der Waals surface area (Å²) < 4.78 is 0. The maximum atomic E-state index is 11.4. The van der Waals surface area contributed by atoms with Crippen molar-refractivity contribution in [2.24, 2.45) is 5.92 Å². The molecular formula is C13H17NO. The van der Waals surface area contributed by atoms with Crippen molar-refractivity contribution in [2.75, 3.05) is 13.1 Å². The van der Waals surface area contributed by atoms with Crippen LogP contribution in [-0.4, -0.2) is 23.8 Å². The van der Waals surface area contributed by atoms with Gasteiger partial charge < -0.3 is 0 Å². The lowest BCUT2D eigenvalue weighted by molar-refractivity contribution is -0.123. The third-order valence-electron chi connectivity index (χ3n) is 2.79. The molecule has 1 fully saturated rings. The van der Waals surface area contributed by atoms with Crippen molar-refractivity contribution in [1.29, 1.82) is 0 Å². The summed E-state index contributed by atoms with van der Waals surface area (Å²) >= 11 is 0. The summed E-state index contributed by atoms with van der Waals surface area (Å²) in [5.41, 5.74) is 1.29. The van der Waals surface area contributed by atoms with Gasteiger partial charge in [0.1, 0.15) is 5.78 Å². The predicted molar refractivity (Wildman–Crippen MR) is 60.5 cm³/mol. The highest BCUT2D eigenvalue weighted by atomic mass is 16.1. The van der Waals surface area contributed by atoms with Crippen LogP contribution in [0.3, 0.4) is 0 Å². The van der Waals surface area contributed by atoms with Crippen molar-refractivity contribution in [3.63, 3.8) is 0 Å². The average Bonchev–Trinajstić information content (AvgIpc) is 2.17. The molecule has 15 heavy (non-hydrogen) atoms. The summed E-state index contributed by atoms with van der Waals surface area (Å²) in [7, 11) is 0. The normalized spacial score (nSPS) is 23.0. The maximum Gasteiger partial charge on any atom is 0.147 e. The molecule has 2 nitrogen and oxygen atoms in total. The molecule has 0 radical (unpaired) electrons. The Hall–Kier alpha value is -1.15. The molecule has 80 valence electrons. The quantitative estimate of drug-likeness (QED) is 0.733. The number of carbonyl (C=O) groups excluding carboxylic acids is 1. The van der Waals surface area contributed by atoms with Crippen LogP contribution in [0.2, 0.25) is 0 Å². The van der Waals surface area contributed by atoms with Crippen LogP contribution in [0.5, 0.6) is 0 Å². The molecule has 0 unspecified atom stereocenters. The Balaban J connectivity index is 1.97. The molecular weight excluding hydrogens is 186 g/mol. The van der Waals surface area contributed by atoms with Crippen LogP contribution < -0.4 is 0 Å². The van der Waals surface area contributed by atoms with Gasteiger partial charge in [0.2, 0.25) is 0 Å². The van der Waals surface area contributed by atoms with Crippen LogP contribution in [0.25, 0.3) is 0 Å². The summed E-state index contributed by atoms with van der Waals surface area (Å²) in [4.78, 5) is 13.7. The molecule has 1 saturated heterocycles. The number of likely N-dealkylation sites (tertiary alicyclic amines) is 1. The maximum absolute atomic E-state index is 11.4. The highest BCUT2D eigenvalue weighted by molar-refractivity contribution is 5.81. The highest BCUT2D eigenvalue weighted by Gasteiger charge is 2.21. The summed E-state index contributed by atoms with van der Waals surface area (Å²) in [5.74, 6) is 0.889. The topological polar surface area (TPSA) is 20.3 Å². The number of benzene rings is 1. The van der Waals surface area contributed by atoms with E-state index in [9.17, 15) is 4.79 Å². The standard InChI is InChI=1S/C13H17NO/c1-11-7-13(15)10-14(8-11)9-12-5-3-2-4-6-12/h2-6,11H,7-10H2,1H3/t11-/m1/s1. The Morgan fingerprint density at radius 3 is 2.73 bits per heavy atom. The fourth-order valence-corrected chi connectivity index (χ4v) is 2.23. The summed E-state index contributed by atoms with van der Waals surface area (Å²) in [6, 6.07) is 10.3. The molecule has 2 rings (SSSR count). The number of ketones is 1. The molecule has 1 heterocycles. The van der Waals surface area contributed by atoms with E-state index in [0.29, 0.717) is 18.2 Å². The van der Waals surface area contributed by atoms with Gasteiger partial charge in [-0.3, -0.25) is 9.69 Å². The Kier molecular flexibility index (Phi) is 3.17. The molecule has 0 spiro atoms. The summed E-state index contributed by atoms with van der Waals surface area (Å²) in [6.07, 6.45) is 0.755. The minimum Gasteiger partial charge on any atom is -0.298 e. The molecule has 1 aromatic carbocycles. The predicted octanol–water partition coefficient (Wildman–Crippen LogP) is 2.10. The molecule has 0 saturated carbocycles. The Labute approximate surface area is 90.9 Å². The molecule has 0 bridgehead atoms.